The zero-order valence-corrected chi connectivity index (χ0v) is 12.6. The second-order valence-electron chi connectivity index (χ2n) is 3.81. The van der Waals surface area contributed by atoms with Crippen LogP contribution in [-0.2, 0) is 10.0 Å². The molecule has 2 rings (SSSR count). The highest BCUT2D eigenvalue weighted by molar-refractivity contribution is 7.94. The molecule has 0 aliphatic carbocycles. The molecule has 108 valence electrons. The number of nitro groups is 1. The summed E-state index contributed by atoms with van der Waals surface area (Å²) in [6.07, 6.45) is 5.23. The van der Waals surface area contributed by atoms with Crippen molar-refractivity contribution >= 4 is 44.3 Å². The SMILES string of the molecule is C#Cc1cccc(NS(=O)(=O)c2cc([N+](=O)[O-])c(Cl)s2)c1. The third-order valence-electron chi connectivity index (χ3n) is 2.39. The summed E-state index contributed by atoms with van der Waals surface area (Å²) < 4.78 is 26.2. The Morgan fingerprint density at radius 3 is 2.67 bits per heavy atom. The molecule has 0 saturated heterocycles. The number of hydrogen-bond acceptors (Lipinski definition) is 5. The van der Waals surface area contributed by atoms with Crippen LogP contribution in [0.3, 0.4) is 0 Å². The van der Waals surface area contributed by atoms with Gasteiger partial charge in [0.1, 0.15) is 4.21 Å². The highest BCUT2D eigenvalue weighted by Crippen LogP contribution is 2.36. The first kappa shape index (κ1) is 15.3. The molecular weight excluding hydrogens is 336 g/mol. The van der Waals surface area contributed by atoms with Gasteiger partial charge in [-0.25, -0.2) is 8.42 Å². The molecule has 1 aromatic heterocycles. The highest BCUT2D eigenvalue weighted by Gasteiger charge is 2.25. The Morgan fingerprint density at radius 1 is 1.38 bits per heavy atom. The largest absolute Gasteiger partial charge is 0.300 e. The van der Waals surface area contributed by atoms with Gasteiger partial charge >= 0.3 is 0 Å². The van der Waals surface area contributed by atoms with E-state index < -0.39 is 20.6 Å². The van der Waals surface area contributed by atoms with Crippen molar-refractivity contribution in [1.29, 1.82) is 0 Å². The van der Waals surface area contributed by atoms with Gasteiger partial charge in [0.2, 0.25) is 0 Å². The van der Waals surface area contributed by atoms with Gasteiger partial charge in [-0.05, 0) is 18.2 Å². The van der Waals surface area contributed by atoms with Crippen molar-refractivity contribution in [2.45, 2.75) is 4.21 Å². The maximum Gasteiger partial charge on any atom is 0.300 e. The summed E-state index contributed by atoms with van der Waals surface area (Å²) in [5.74, 6) is 2.38. The van der Waals surface area contributed by atoms with Gasteiger partial charge in [0.25, 0.3) is 15.7 Å². The standard InChI is InChI=1S/C12H7ClN2O4S2/c1-2-8-4-3-5-9(6-8)14-21(18,19)11-7-10(15(16)17)12(13)20-11/h1,3-7,14H. The van der Waals surface area contributed by atoms with Crippen LogP contribution >= 0.6 is 22.9 Å². The molecule has 0 aliphatic rings. The third-order valence-corrected chi connectivity index (χ3v) is 5.58. The maximum absolute atomic E-state index is 12.2. The number of anilines is 1. The number of benzene rings is 1. The van der Waals surface area contributed by atoms with Crippen molar-refractivity contribution in [3.05, 3.63) is 50.3 Å². The van der Waals surface area contributed by atoms with E-state index in [2.05, 4.69) is 10.6 Å². The topological polar surface area (TPSA) is 89.3 Å². The molecule has 0 atom stereocenters. The van der Waals surface area contributed by atoms with E-state index in [0.717, 1.165) is 6.07 Å². The molecule has 0 fully saturated rings. The fraction of sp³-hybridized carbons (Fsp3) is 0. The second kappa shape index (κ2) is 5.73. The van der Waals surface area contributed by atoms with Crippen molar-refractivity contribution in [2.75, 3.05) is 4.72 Å². The minimum absolute atomic E-state index is 0.197. The van der Waals surface area contributed by atoms with E-state index in [9.17, 15) is 18.5 Å². The first-order valence-electron chi connectivity index (χ1n) is 5.36. The van der Waals surface area contributed by atoms with E-state index in [0.29, 0.717) is 16.9 Å². The van der Waals surface area contributed by atoms with Gasteiger partial charge in [0.05, 0.1) is 10.6 Å². The summed E-state index contributed by atoms with van der Waals surface area (Å²) in [4.78, 5) is 9.96. The zero-order chi connectivity index (χ0) is 15.6. The molecule has 1 heterocycles. The Hall–Kier alpha value is -2.08. The smallest absolute Gasteiger partial charge is 0.279 e. The Balaban J connectivity index is 2.36. The molecule has 0 amide bonds. The summed E-state index contributed by atoms with van der Waals surface area (Å²) in [6.45, 7) is 0. The van der Waals surface area contributed by atoms with Crippen molar-refractivity contribution in [3.63, 3.8) is 0 Å². The van der Waals surface area contributed by atoms with E-state index in [4.69, 9.17) is 18.0 Å². The second-order valence-corrected chi connectivity index (χ2v) is 7.38. The minimum Gasteiger partial charge on any atom is -0.279 e. The highest BCUT2D eigenvalue weighted by atomic mass is 35.5. The van der Waals surface area contributed by atoms with E-state index in [1.807, 2.05) is 0 Å². The normalized spacial score (nSPS) is 10.9. The maximum atomic E-state index is 12.2. The van der Waals surface area contributed by atoms with Crippen LogP contribution in [0.1, 0.15) is 5.56 Å². The lowest BCUT2D eigenvalue weighted by Gasteiger charge is -2.06. The third kappa shape index (κ3) is 3.33. The average Bonchev–Trinajstić information content (AvgIpc) is 2.81. The van der Waals surface area contributed by atoms with Crippen LogP contribution in [0.2, 0.25) is 4.34 Å². The van der Waals surface area contributed by atoms with Crippen LogP contribution in [0.25, 0.3) is 0 Å². The molecule has 0 bridgehead atoms. The average molecular weight is 343 g/mol. The van der Waals surface area contributed by atoms with Crippen LogP contribution in [-0.4, -0.2) is 13.3 Å². The first-order valence-corrected chi connectivity index (χ1v) is 8.04. The molecule has 2 aromatic rings. The molecule has 1 N–H and O–H groups in total. The van der Waals surface area contributed by atoms with Gasteiger partial charge in [-0.15, -0.1) is 17.8 Å². The summed E-state index contributed by atoms with van der Waals surface area (Å²) >= 11 is 6.27. The molecule has 0 unspecified atom stereocenters. The van der Waals surface area contributed by atoms with E-state index in [1.165, 1.54) is 12.1 Å². The number of rotatable bonds is 4. The molecule has 1 aromatic carbocycles. The zero-order valence-electron chi connectivity index (χ0n) is 10.2. The van der Waals surface area contributed by atoms with Gasteiger partial charge in [-0.3, -0.25) is 14.8 Å². The number of nitrogens with zero attached hydrogens (tertiary/aromatic N) is 1. The van der Waals surface area contributed by atoms with Gasteiger partial charge in [-0.2, -0.15) is 0 Å². The van der Waals surface area contributed by atoms with Crippen molar-refractivity contribution < 1.29 is 13.3 Å². The van der Waals surface area contributed by atoms with Crippen LogP contribution in [0.4, 0.5) is 11.4 Å². The van der Waals surface area contributed by atoms with E-state index in [1.54, 1.807) is 12.1 Å². The van der Waals surface area contributed by atoms with Gasteiger partial charge in [-0.1, -0.05) is 23.6 Å². The summed E-state index contributed by atoms with van der Waals surface area (Å²) in [6, 6.07) is 7.14. The summed E-state index contributed by atoms with van der Waals surface area (Å²) in [5, 5.41) is 10.7. The molecule has 0 radical (unpaired) electrons. The number of hydrogen-bond donors (Lipinski definition) is 1. The van der Waals surface area contributed by atoms with Gasteiger partial charge < -0.3 is 0 Å². The van der Waals surface area contributed by atoms with Gasteiger partial charge in [0.15, 0.2) is 4.34 Å². The molecule has 0 saturated carbocycles. The quantitative estimate of drug-likeness (QED) is 0.525. The molecule has 9 heteroatoms. The molecule has 0 aliphatic heterocycles. The monoisotopic (exact) mass is 342 g/mol. The number of terminal acetylenes is 1. The number of halogens is 1. The van der Waals surface area contributed by atoms with Crippen molar-refractivity contribution in [3.8, 4) is 12.3 Å². The van der Waals surface area contributed by atoms with E-state index in [-0.39, 0.29) is 14.2 Å². The Morgan fingerprint density at radius 2 is 2.10 bits per heavy atom. The number of thiophene rings is 1. The Kier molecular flexibility index (Phi) is 4.18. The fourth-order valence-electron chi connectivity index (χ4n) is 1.47. The number of nitrogens with one attached hydrogen (secondary N) is 1. The lowest BCUT2D eigenvalue weighted by atomic mass is 10.2. The van der Waals surface area contributed by atoms with Crippen LogP contribution < -0.4 is 4.72 Å². The summed E-state index contributed by atoms with van der Waals surface area (Å²) in [5.41, 5.74) is 0.322. The van der Waals surface area contributed by atoms with E-state index >= 15 is 0 Å². The molecule has 6 nitrogen and oxygen atoms in total. The van der Waals surface area contributed by atoms with Crippen LogP contribution in [0.15, 0.2) is 34.5 Å². The summed E-state index contributed by atoms with van der Waals surface area (Å²) in [7, 11) is -3.96. The predicted molar refractivity (Wildman–Crippen MR) is 81.2 cm³/mol. The molecule has 21 heavy (non-hydrogen) atoms. The minimum atomic E-state index is -3.96. The van der Waals surface area contributed by atoms with Gasteiger partial charge in [0, 0.05) is 11.6 Å². The molecular formula is C12H7ClN2O4S2. The lowest BCUT2D eigenvalue weighted by molar-refractivity contribution is -0.384. The Bertz CT molecular complexity index is 852. The first-order chi connectivity index (χ1) is 9.83. The molecule has 0 spiro atoms. The van der Waals surface area contributed by atoms with Crippen molar-refractivity contribution in [2.24, 2.45) is 0 Å². The fourth-order valence-corrected chi connectivity index (χ4v) is 4.19. The van der Waals surface area contributed by atoms with Crippen molar-refractivity contribution in [1.82, 2.24) is 0 Å². The Labute approximate surface area is 129 Å². The predicted octanol–water partition coefficient (Wildman–Crippen LogP) is 3.09. The van der Waals surface area contributed by atoms with Crippen LogP contribution in [0, 0.1) is 22.5 Å². The van der Waals surface area contributed by atoms with Crippen LogP contribution in [0.5, 0.6) is 0 Å². The number of sulfonamides is 1. The lowest BCUT2D eigenvalue weighted by Crippen LogP contribution is -2.11.